The van der Waals surface area contributed by atoms with Gasteiger partial charge in [-0.15, -0.1) is 6.58 Å². The second-order valence-electron chi connectivity index (χ2n) is 5.93. The van der Waals surface area contributed by atoms with E-state index in [1.165, 1.54) is 30.4 Å². The lowest BCUT2D eigenvalue weighted by Gasteiger charge is -2.00. The Balaban J connectivity index is 1.91. The van der Waals surface area contributed by atoms with Gasteiger partial charge in [0, 0.05) is 11.1 Å². The minimum Gasteiger partial charge on any atom is -0.103 e. The lowest BCUT2D eigenvalue weighted by Crippen LogP contribution is -1.86. The van der Waals surface area contributed by atoms with Crippen molar-refractivity contribution in [3.8, 4) is 11.8 Å². The summed E-state index contributed by atoms with van der Waals surface area (Å²) in [5.41, 5.74) is 4.94. The van der Waals surface area contributed by atoms with Crippen LogP contribution in [0.3, 0.4) is 0 Å². The SMILES string of the molecule is C=CCCCCc1ccc(C#Cc2ccc(CCC)cc2)cc1. The molecule has 0 N–H and O–H groups in total. The molecule has 0 nitrogen and oxygen atoms in total. The number of rotatable bonds is 7. The summed E-state index contributed by atoms with van der Waals surface area (Å²) < 4.78 is 0. The van der Waals surface area contributed by atoms with Crippen LogP contribution in [-0.2, 0) is 12.8 Å². The smallest absolute Gasteiger partial charge is 0.0249 e. The van der Waals surface area contributed by atoms with Crippen LogP contribution >= 0.6 is 0 Å². The molecule has 23 heavy (non-hydrogen) atoms. The zero-order chi connectivity index (χ0) is 16.3. The highest BCUT2D eigenvalue weighted by atomic mass is 14.0. The van der Waals surface area contributed by atoms with Gasteiger partial charge in [-0.1, -0.05) is 55.5 Å². The van der Waals surface area contributed by atoms with E-state index in [4.69, 9.17) is 0 Å². The largest absolute Gasteiger partial charge is 0.103 e. The van der Waals surface area contributed by atoms with Crippen LogP contribution in [-0.4, -0.2) is 0 Å². The van der Waals surface area contributed by atoms with Crippen molar-refractivity contribution in [2.75, 3.05) is 0 Å². The second-order valence-corrected chi connectivity index (χ2v) is 5.93. The molecule has 0 aliphatic heterocycles. The molecule has 0 heterocycles. The van der Waals surface area contributed by atoms with Gasteiger partial charge < -0.3 is 0 Å². The summed E-state index contributed by atoms with van der Waals surface area (Å²) in [7, 11) is 0. The molecule has 0 aliphatic rings. The Morgan fingerprint density at radius 1 is 0.783 bits per heavy atom. The highest BCUT2D eigenvalue weighted by Crippen LogP contribution is 2.09. The fraction of sp³-hybridized carbons (Fsp3) is 0.304. The molecule has 2 aromatic carbocycles. The van der Waals surface area contributed by atoms with E-state index in [-0.39, 0.29) is 0 Å². The van der Waals surface area contributed by atoms with Gasteiger partial charge in [0.25, 0.3) is 0 Å². The monoisotopic (exact) mass is 302 g/mol. The summed E-state index contributed by atoms with van der Waals surface area (Å²) in [4.78, 5) is 0. The Bertz CT molecular complexity index is 648. The third-order valence-corrected chi connectivity index (χ3v) is 3.92. The maximum atomic E-state index is 3.76. The topological polar surface area (TPSA) is 0 Å². The van der Waals surface area contributed by atoms with Gasteiger partial charge in [0.1, 0.15) is 0 Å². The zero-order valence-electron chi connectivity index (χ0n) is 14.1. The molecular weight excluding hydrogens is 276 g/mol. The van der Waals surface area contributed by atoms with Gasteiger partial charge in [-0.2, -0.15) is 0 Å². The van der Waals surface area contributed by atoms with E-state index in [1.807, 2.05) is 6.08 Å². The van der Waals surface area contributed by atoms with Crippen LogP contribution in [0, 0.1) is 11.8 Å². The molecule has 0 heteroatoms. The predicted octanol–water partition coefficient (Wildman–Crippen LogP) is 5.94. The van der Waals surface area contributed by atoms with E-state index < -0.39 is 0 Å². The molecule has 0 fully saturated rings. The van der Waals surface area contributed by atoms with Crippen LogP contribution in [0.5, 0.6) is 0 Å². The molecule has 0 spiro atoms. The number of allylic oxidation sites excluding steroid dienone is 1. The van der Waals surface area contributed by atoms with Crippen molar-refractivity contribution < 1.29 is 0 Å². The first-order valence-corrected chi connectivity index (χ1v) is 8.62. The third kappa shape index (κ3) is 6.17. The fourth-order valence-corrected chi connectivity index (χ4v) is 2.56. The van der Waals surface area contributed by atoms with Crippen LogP contribution in [0.4, 0.5) is 0 Å². The third-order valence-electron chi connectivity index (χ3n) is 3.92. The number of hydrogen-bond donors (Lipinski definition) is 0. The summed E-state index contributed by atoms with van der Waals surface area (Å²) in [5.74, 6) is 6.50. The maximum absolute atomic E-state index is 3.76. The number of hydrogen-bond acceptors (Lipinski definition) is 0. The van der Waals surface area contributed by atoms with E-state index in [1.54, 1.807) is 0 Å². The Kier molecular flexibility index (Phi) is 7.21. The van der Waals surface area contributed by atoms with E-state index >= 15 is 0 Å². The molecular formula is C23H26. The lowest BCUT2D eigenvalue weighted by atomic mass is 10.0. The molecule has 0 radical (unpaired) electrons. The maximum Gasteiger partial charge on any atom is 0.0249 e. The van der Waals surface area contributed by atoms with Crippen LogP contribution in [0.1, 0.15) is 54.9 Å². The van der Waals surface area contributed by atoms with Crippen LogP contribution in [0.15, 0.2) is 61.2 Å². The molecule has 0 saturated carbocycles. The summed E-state index contributed by atoms with van der Waals surface area (Å²) in [6.45, 7) is 5.97. The molecule has 0 amide bonds. The summed E-state index contributed by atoms with van der Waals surface area (Å²) in [6, 6.07) is 17.2. The number of aryl methyl sites for hydroxylation is 2. The zero-order valence-corrected chi connectivity index (χ0v) is 14.1. The molecule has 2 aromatic rings. The van der Waals surface area contributed by atoms with Crippen molar-refractivity contribution in [1.29, 1.82) is 0 Å². The average molecular weight is 302 g/mol. The molecule has 0 bridgehead atoms. The fourth-order valence-electron chi connectivity index (χ4n) is 2.56. The Hall–Kier alpha value is -2.26. The molecule has 118 valence electrons. The second kappa shape index (κ2) is 9.70. The Labute approximate surface area is 141 Å². The first-order chi connectivity index (χ1) is 11.3. The van der Waals surface area contributed by atoms with Crippen molar-refractivity contribution in [3.63, 3.8) is 0 Å². The lowest BCUT2D eigenvalue weighted by molar-refractivity contribution is 0.748. The van der Waals surface area contributed by atoms with Gasteiger partial charge >= 0.3 is 0 Å². The minimum absolute atomic E-state index is 1.08. The number of unbranched alkanes of at least 4 members (excludes halogenated alkanes) is 2. The summed E-state index contributed by atoms with van der Waals surface area (Å²) in [5, 5.41) is 0. The van der Waals surface area contributed by atoms with Crippen LogP contribution < -0.4 is 0 Å². The molecule has 0 atom stereocenters. The minimum atomic E-state index is 1.08. The van der Waals surface area contributed by atoms with Crippen molar-refractivity contribution in [3.05, 3.63) is 83.4 Å². The van der Waals surface area contributed by atoms with Crippen molar-refractivity contribution in [2.24, 2.45) is 0 Å². The van der Waals surface area contributed by atoms with Gasteiger partial charge in [0.15, 0.2) is 0 Å². The van der Waals surface area contributed by atoms with E-state index in [2.05, 4.69) is 73.9 Å². The van der Waals surface area contributed by atoms with Crippen molar-refractivity contribution in [2.45, 2.75) is 45.4 Å². The van der Waals surface area contributed by atoms with E-state index in [9.17, 15) is 0 Å². The predicted molar refractivity (Wildman–Crippen MR) is 101 cm³/mol. The Morgan fingerprint density at radius 2 is 1.30 bits per heavy atom. The molecule has 0 saturated heterocycles. The summed E-state index contributed by atoms with van der Waals surface area (Å²) >= 11 is 0. The first kappa shape index (κ1) is 17.1. The van der Waals surface area contributed by atoms with E-state index in [0.717, 1.165) is 30.4 Å². The quantitative estimate of drug-likeness (QED) is 0.337. The molecule has 0 aromatic heterocycles. The van der Waals surface area contributed by atoms with Crippen LogP contribution in [0.25, 0.3) is 0 Å². The van der Waals surface area contributed by atoms with Crippen molar-refractivity contribution >= 4 is 0 Å². The highest BCUT2D eigenvalue weighted by Gasteiger charge is 1.94. The van der Waals surface area contributed by atoms with Gasteiger partial charge in [0.2, 0.25) is 0 Å². The highest BCUT2D eigenvalue weighted by molar-refractivity contribution is 5.44. The standard InChI is InChI=1S/C23H26/c1-3-5-6-7-9-21-12-16-23(17-13-21)19-18-22-14-10-20(8-4-2)11-15-22/h3,10-17H,1,4-9H2,2H3. The summed E-state index contributed by atoms with van der Waals surface area (Å²) in [6.07, 6.45) is 9.02. The van der Waals surface area contributed by atoms with E-state index in [0.29, 0.717) is 0 Å². The van der Waals surface area contributed by atoms with Gasteiger partial charge in [0.05, 0.1) is 0 Å². The molecule has 0 aliphatic carbocycles. The van der Waals surface area contributed by atoms with Gasteiger partial charge in [-0.3, -0.25) is 0 Å². The van der Waals surface area contributed by atoms with Crippen molar-refractivity contribution in [1.82, 2.24) is 0 Å². The van der Waals surface area contributed by atoms with Gasteiger partial charge in [-0.25, -0.2) is 0 Å². The molecule has 0 unspecified atom stereocenters. The van der Waals surface area contributed by atoms with Crippen LogP contribution in [0.2, 0.25) is 0 Å². The molecule has 2 rings (SSSR count). The van der Waals surface area contributed by atoms with Gasteiger partial charge in [-0.05, 0) is 67.5 Å². The average Bonchev–Trinajstić information content (AvgIpc) is 2.59. The number of benzene rings is 2. The Morgan fingerprint density at radius 3 is 1.78 bits per heavy atom. The first-order valence-electron chi connectivity index (χ1n) is 8.62. The normalized spacial score (nSPS) is 9.96.